The molecule has 0 spiro atoms. The maximum atomic E-state index is 6.20. The van der Waals surface area contributed by atoms with Gasteiger partial charge >= 0.3 is 0 Å². The molecule has 1 unspecified atom stereocenters. The van der Waals surface area contributed by atoms with Crippen molar-refractivity contribution in [2.24, 2.45) is 0 Å². The van der Waals surface area contributed by atoms with Gasteiger partial charge in [0.1, 0.15) is 5.82 Å². The van der Waals surface area contributed by atoms with Crippen LogP contribution in [0.1, 0.15) is 58.2 Å². The van der Waals surface area contributed by atoms with Crippen LogP contribution in [-0.2, 0) is 0 Å². The van der Waals surface area contributed by atoms with Gasteiger partial charge in [-0.3, -0.25) is 4.90 Å². The molecule has 0 radical (unpaired) electrons. The van der Waals surface area contributed by atoms with Crippen LogP contribution in [0.15, 0.2) is 12.3 Å². The quantitative estimate of drug-likeness (QED) is 0.773. The summed E-state index contributed by atoms with van der Waals surface area (Å²) in [5.74, 6) is 0.642. The number of hydrogen-bond donors (Lipinski definition) is 2. The van der Waals surface area contributed by atoms with Gasteiger partial charge in [0, 0.05) is 17.3 Å². The van der Waals surface area contributed by atoms with Crippen molar-refractivity contribution >= 4 is 5.82 Å². The van der Waals surface area contributed by atoms with E-state index in [1.165, 1.54) is 5.56 Å². The van der Waals surface area contributed by atoms with Crippen molar-refractivity contribution in [2.45, 2.75) is 59.5 Å². The minimum absolute atomic E-state index is 0.0272. The highest BCUT2D eigenvalue weighted by molar-refractivity contribution is 5.47. The summed E-state index contributed by atoms with van der Waals surface area (Å²) in [7, 11) is 0. The molecular weight excluding hydrogens is 260 g/mol. The zero-order valence-electron chi connectivity index (χ0n) is 14.5. The van der Waals surface area contributed by atoms with Crippen LogP contribution >= 0.6 is 0 Å². The van der Waals surface area contributed by atoms with Crippen LogP contribution in [0.4, 0.5) is 5.82 Å². The predicted molar refractivity (Wildman–Crippen MR) is 91.4 cm³/mol. The summed E-state index contributed by atoms with van der Waals surface area (Å²) in [5, 5.41) is 3.70. The van der Waals surface area contributed by atoms with Crippen molar-refractivity contribution in [1.29, 1.82) is 0 Å². The number of hydrogen-bond acceptors (Lipinski definition) is 4. The molecule has 1 atom stereocenters. The molecule has 0 aromatic carbocycles. The second kappa shape index (κ2) is 7.76. The molecule has 0 aliphatic rings. The molecule has 1 aromatic rings. The molecule has 0 saturated carbocycles. The normalized spacial score (nSPS) is 13.7. The fourth-order valence-corrected chi connectivity index (χ4v) is 3.18. The molecule has 4 heteroatoms. The lowest BCUT2D eigenvalue weighted by Crippen LogP contribution is -2.53. The molecule has 120 valence electrons. The molecule has 0 aliphatic carbocycles. The molecule has 0 saturated heterocycles. The first kappa shape index (κ1) is 17.9. The van der Waals surface area contributed by atoms with Gasteiger partial charge in [-0.05, 0) is 58.5 Å². The number of nitrogens with zero attached hydrogens (tertiary/aromatic N) is 2. The van der Waals surface area contributed by atoms with Gasteiger partial charge in [-0.25, -0.2) is 4.98 Å². The van der Waals surface area contributed by atoms with Gasteiger partial charge in [-0.2, -0.15) is 0 Å². The Morgan fingerprint density at radius 3 is 2.38 bits per heavy atom. The van der Waals surface area contributed by atoms with Crippen LogP contribution in [0.3, 0.4) is 0 Å². The van der Waals surface area contributed by atoms with Gasteiger partial charge in [0.25, 0.3) is 0 Å². The summed E-state index contributed by atoms with van der Waals surface area (Å²) in [6, 6.07) is 2.22. The molecule has 0 bridgehead atoms. The van der Waals surface area contributed by atoms with Crippen molar-refractivity contribution in [3.05, 3.63) is 23.4 Å². The van der Waals surface area contributed by atoms with Gasteiger partial charge in [0.05, 0.1) is 6.04 Å². The van der Waals surface area contributed by atoms with E-state index in [0.29, 0.717) is 5.82 Å². The van der Waals surface area contributed by atoms with Crippen molar-refractivity contribution in [1.82, 2.24) is 15.2 Å². The number of anilines is 1. The molecule has 0 amide bonds. The summed E-state index contributed by atoms with van der Waals surface area (Å²) in [4.78, 5) is 6.79. The third-order valence-corrected chi connectivity index (χ3v) is 4.41. The van der Waals surface area contributed by atoms with Crippen LogP contribution in [0.5, 0.6) is 0 Å². The minimum Gasteiger partial charge on any atom is -0.383 e. The predicted octanol–water partition coefficient (Wildman–Crippen LogP) is 3.13. The second-order valence-corrected chi connectivity index (χ2v) is 6.14. The van der Waals surface area contributed by atoms with E-state index in [2.05, 4.69) is 56.7 Å². The fourth-order valence-electron chi connectivity index (χ4n) is 3.18. The Bertz CT molecular complexity index is 418. The number of likely N-dealkylation sites (N-methyl/N-ethyl adjacent to an activating group) is 1. The van der Waals surface area contributed by atoms with Gasteiger partial charge in [-0.15, -0.1) is 0 Å². The Balaban J connectivity index is 3.28. The van der Waals surface area contributed by atoms with Gasteiger partial charge in [-0.1, -0.05) is 20.8 Å². The number of nitrogens with one attached hydrogen (secondary N) is 1. The third kappa shape index (κ3) is 3.95. The summed E-state index contributed by atoms with van der Waals surface area (Å²) >= 11 is 0. The maximum absolute atomic E-state index is 6.20. The number of aromatic nitrogens is 1. The largest absolute Gasteiger partial charge is 0.383 e. The van der Waals surface area contributed by atoms with E-state index in [-0.39, 0.29) is 11.6 Å². The van der Waals surface area contributed by atoms with E-state index in [1.54, 1.807) is 6.20 Å². The Labute approximate surface area is 130 Å². The molecule has 1 aromatic heterocycles. The molecule has 1 rings (SSSR count). The monoisotopic (exact) mass is 292 g/mol. The number of nitrogens with two attached hydrogens (primary N) is 1. The first-order chi connectivity index (χ1) is 9.89. The van der Waals surface area contributed by atoms with Crippen molar-refractivity contribution in [3.8, 4) is 0 Å². The molecule has 3 N–H and O–H groups in total. The van der Waals surface area contributed by atoms with Crippen LogP contribution in [0, 0.1) is 6.92 Å². The first-order valence-electron chi connectivity index (χ1n) is 8.09. The van der Waals surface area contributed by atoms with Crippen LogP contribution in [0.2, 0.25) is 0 Å². The average molecular weight is 292 g/mol. The maximum Gasteiger partial charge on any atom is 0.128 e. The highest BCUT2D eigenvalue weighted by Gasteiger charge is 2.36. The van der Waals surface area contributed by atoms with Gasteiger partial charge < -0.3 is 11.1 Å². The molecule has 21 heavy (non-hydrogen) atoms. The standard InChI is InChI=1S/C17H32N4/c1-7-11-19-15(17(5,6)21(8-2)9-3)14-13(4)10-12-20-16(14)18/h10,12,15,19H,7-9,11H2,1-6H3,(H2,18,20). The first-order valence-corrected chi connectivity index (χ1v) is 8.09. The number of aryl methyl sites for hydroxylation is 1. The van der Waals surface area contributed by atoms with E-state index >= 15 is 0 Å². The highest BCUT2D eigenvalue weighted by atomic mass is 15.2. The summed E-state index contributed by atoms with van der Waals surface area (Å²) in [5.41, 5.74) is 8.52. The van der Waals surface area contributed by atoms with E-state index in [0.717, 1.165) is 31.6 Å². The summed E-state index contributed by atoms with van der Waals surface area (Å²) in [6.45, 7) is 16.3. The Hall–Kier alpha value is -1.13. The van der Waals surface area contributed by atoms with E-state index in [4.69, 9.17) is 5.73 Å². The molecule has 1 heterocycles. The van der Waals surface area contributed by atoms with Crippen molar-refractivity contribution in [3.63, 3.8) is 0 Å². The van der Waals surface area contributed by atoms with Crippen molar-refractivity contribution < 1.29 is 0 Å². The SMILES string of the molecule is CCCNC(c1c(C)ccnc1N)C(C)(C)N(CC)CC. The highest BCUT2D eigenvalue weighted by Crippen LogP contribution is 2.35. The van der Waals surface area contributed by atoms with Crippen LogP contribution in [-0.4, -0.2) is 35.1 Å². The van der Waals surface area contributed by atoms with E-state index in [9.17, 15) is 0 Å². The average Bonchev–Trinajstić information content (AvgIpc) is 2.42. The lowest BCUT2D eigenvalue weighted by molar-refractivity contribution is 0.0911. The Morgan fingerprint density at radius 1 is 1.29 bits per heavy atom. The lowest BCUT2D eigenvalue weighted by atomic mass is 9.85. The van der Waals surface area contributed by atoms with E-state index < -0.39 is 0 Å². The van der Waals surface area contributed by atoms with Crippen LogP contribution in [0.25, 0.3) is 0 Å². The van der Waals surface area contributed by atoms with Gasteiger partial charge in [0.15, 0.2) is 0 Å². The molecule has 0 fully saturated rings. The van der Waals surface area contributed by atoms with Gasteiger partial charge in [0.2, 0.25) is 0 Å². The number of pyridine rings is 1. The molecule has 0 aliphatic heterocycles. The third-order valence-electron chi connectivity index (χ3n) is 4.41. The number of nitrogen functional groups attached to an aromatic ring is 1. The second-order valence-electron chi connectivity index (χ2n) is 6.14. The molecular formula is C17H32N4. The summed E-state index contributed by atoms with van der Waals surface area (Å²) in [6.07, 6.45) is 2.89. The van der Waals surface area contributed by atoms with Crippen LogP contribution < -0.4 is 11.1 Å². The number of rotatable bonds is 8. The van der Waals surface area contributed by atoms with Crippen molar-refractivity contribution in [2.75, 3.05) is 25.4 Å². The summed E-state index contributed by atoms with van der Waals surface area (Å²) < 4.78 is 0. The molecule has 4 nitrogen and oxygen atoms in total. The zero-order valence-corrected chi connectivity index (χ0v) is 14.5. The lowest BCUT2D eigenvalue weighted by Gasteiger charge is -2.44. The Kier molecular flexibility index (Phi) is 6.62. The zero-order chi connectivity index (χ0) is 16.0. The minimum atomic E-state index is -0.0272. The van der Waals surface area contributed by atoms with E-state index in [1.807, 2.05) is 6.07 Å². The smallest absolute Gasteiger partial charge is 0.128 e. The Morgan fingerprint density at radius 2 is 1.90 bits per heavy atom. The fraction of sp³-hybridized carbons (Fsp3) is 0.706. The topological polar surface area (TPSA) is 54.2 Å².